The first-order valence-corrected chi connectivity index (χ1v) is 10.1. The van der Waals surface area contributed by atoms with Crippen LogP contribution in [0.5, 0.6) is 5.75 Å². The van der Waals surface area contributed by atoms with Gasteiger partial charge in [0.25, 0.3) is 0 Å². The Kier molecular flexibility index (Phi) is 5.87. The normalized spacial score (nSPS) is 13.9. The molecule has 1 atom stereocenters. The second-order valence-corrected chi connectivity index (χ2v) is 11.7. The lowest BCUT2D eigenvalue weighted by molar-refractivity contribution is 0.154. The van der Waals surface area contributed by atoms with E-state index < -0.39 is 8.32 Å². The van der Waals surface area contributed by atoms with Gasteiger partial charge in [-0.05, 0) is 48.5 Å². The van der Waals surface area contributed by atoms with Crippen LogP contribution in [0.1, 0.15) is 20.8 Å². The maximum absolute atomic E-state index is 6.16. The molecule has 0 N–H and O–H groups in total. The molecule has 0 aliphatic rings. The van der Waals surface area contributed by atoms with Gasteiger partial charge in [0.05, 0.1) is 6.61 Å². The average Bonchev–Trinajstić information content (AvgIpc) is 2.35. The first-order chi connectivity index (χ1) is 9.15. The van der Waals surface area contributed by atoms with E-state index in [1.54, 1.807) is 6.08 Å². The van der Waals surface area contributed by atoms with E-state index in [0.717, 1.165) is 5.75 Å². The molecule has 0 aliphatic carbocycles. The Morgan fingerprint density at radius 2 is 1.80 bits per heavy atom. The quantitative estimate of drug-likeness (QED) is 0.524. The maximum atomic E-state index is 6.16. The minimum Gasteiger partial charge on any atom is -0.484 e. The zero-order chi connectivity index (χ0) is 15.4. The molecule has 1 aromatic carbocycles. The second kappa shape index (κ2) is 6.79. The number of benzene rings is 1. The highest BCUT2D eigenvalue weighted by Gasteiger charge is 2.37. The lowest BCUT2D eigenvalue weighted by Gasteiger charge is -2.37. The summed E-state index contributed by atoms with van der Waals surface area (Å²) in [7, 11) is -1.76. The first kappa shape index (κ1) is 17.3. The van der Waals surface area contributed by atoms with Gasteiger partial charge >= 0.3 is 0 Å². The summed E-state index contributed by atoms with van der Waals surface area (Å²) in [5, 5.41) is 0.893. The zero-order valence-corrected chi connectivity index (χ0v) is 14.8. The second-order valence-electron chi connectivity index (χ2n) is 6.42. The van der Waals surface area contributed by atoms with E-state index in [-0.39, 0.29) is 11.1 Å². The van der Waals surface area contributed by atoms with E-state index in [2.05, 4.69) is 40.4 Å². The van der Waals surface area contributed by atoms with Crippen molar-refractivity contribution in [2.24, 2.45) is 0 Å². The largest absolute Gasteiger partial charge is 0.484 e. The molecule has 4 heteroatoms. The van der Waals surface area contributed by atoms with Crippen molar-refractivity contribution in [3.63, 3.8) is 0 Å². The third-order valence-electron chi connectivity index (χ3n) is 3.78. The molecule has 0 saturated heterocycles. The van der Waals surface area contributed by atoms with E-state index in [0.29, 0.717) is 11.6 Å². The van der Waals surface area contributed by atoms with Gasteiger partial charge in [-0.3, -0.25) is 0 Å². The van der Waals surface area contributed by atoms with Gasteiger partial charge in [0.1, 0.15) is 11.9 Å². The highest BCUT2D eigenvalue weighted by Crippen LogP contribution is 2.36. The van der Waals surface area contributed by atoms with Gasteiger partial charge in [-0.25, -0.2) is 0 Å². The summed E-state index contributed by atoms with van der Waals surface area (Å²) in [5.74, 6) is 0.776. The third-order valence-corrected chi connectivity index (χ3v) is 8.53. The number of hydrogen-bond donors (Lipinski definition) is 0. The predicted molar refractivity (Wildman–Crippen MR) is 89.2 cm³/mol. The fourth-order valence-corrected chi connectivity index (χ4v) is 2.49. The lowest BCUT2D eigenvalue weighted by atomic mass is 10.2. The molecule has 0 radical (unpaired) electrons. The summed E-state index contributed by atoms with van der Waals surface area (Å²) < 4.78 is 12.0. The number of hydrogen-bond acceptors (Lipinski definition) is 2. The summed E-state index contributed by atoms with van der Waals surface area (Å²) >= 11 is 5.86. The average molecular weight is 313 g/mol. The van der Waals surface area contributed by atoms with Crippen LogP contribution < -0.4 is 4.74 Å². The fraction of sp³-hybridized carbons (Fsp3) is 0.500. The van der Waals surface area contributed by atoms with Gasteiger partial charge in [0, 0.05) is 5.02 Å². The first-order valence-electron chi connectivity index (χ1n) is 6.84. The molecule has 0 aromatic heterocycles. The zero-order valence-electron chi connectivity index (χ0n) is 13.1. The number of ether oxygens (including phenoxy) is 1. The molecular formula is C16H25ClO2Si. The molecular weight excluding hydrogens is 288 g/mol. The van der Waals surface area contributed by atoms with E-state index in [1.807, 2.05) is 24.3 Å². The van der Waals surface area contributed by atoms with E-state index in [1.165, 1.54) is 0 Å². The highest BCUT2D eigenvalue weighted by atomic mass is 35.5. The van der Waals surface area contributed by atoms with Crippen LogP contribution in [0, 0.1) is 0 Å². The molecule has 0 spiro atoms. The molecule has 2 nitrogen and oxygen atoms in total. The van der Waals surface area contributed by atoms with Gasteiger partial charge in [0.15, 0.2) is 8.32 Å². The molecule has 20 heavy (non-hydrogen) atoms. The van der Waals surface area contributed by atoms with Crippen LogP contribution in [-0.4, -0.2) is 21.0 Å². The van der Waals surface area contributed by atoms with Crippen LogP contribution in [0.3, 0.4) is 0 Å². The van der Waals surface area contributed by atoms with Gasteiger partial charge in [-0.2, -0.15) is 0 Å². The van der Waals surface area contributed by atoms with Crippen molar-refractivity contribution < 1.29 is 9.16 Å². The standard InChI is InChI=1S/C16H25ClO2Si/c1-7-14(12-18-20(5,6)16(2,3)4)19-15-10-8-13(17)9-11-15/h7-11,14H,1,12H2,2-6H3/t14-/m0/s1. The fourth-order valence-electron chi connectivity index (χ4n) is 1.35. The third kappa shape index (κ3) is 4.96. The summed E-state index contributed by atoms with van der Waals surface area (Å²) in [5.41, 5.74) is 0. The van der Waals surface area contributed by atoms with Crippen molar-refractivity contribution in [2.45, 2.75) is 45.0 Å². The highest BCUT2D eigenvalue weighted by molar-refractivity contribution is 6.74. The molecule has 0 aliphatic heterocycles. The molecule has 1 aromatic rings. The van der Waals surface area contributed by atoms with E-state index >= 15 is 0 Å². The summed E-state index contributed by atoms with van der Waals surface area (Å²) in [4.78, 5) is 0. The lowest BCUT2D eigenvalue weighted by Crippen LogP contribution is -2.43. The van der Waals surface area contributed by atoms with Gasteiger partial charge < -0.3 is 9.16 Å². The maximum Gasteiger partial charge on any atom is 0.192 e. The Hall–Kier alpha value is -0.773. The van der Waals surface area contributed by atoms with Crippen LogP contribution in [0.25, 0.3) is 0 Å². The Morgan fingerprint density at radius 3 is 2.25 bits per heavy atom. The van der Waals surface area contributed by atoms with E-state index in [4.69, 9.17) is 20.8 Å². The Morgan fingerprint density at radius 1 is 1.25 bits per heavy atom. The van der Waals surface area contributed by atoms with Crippen LogP contribution >= 0.6 is 11.6 Å². The molecule has 112 valence electrons. The number of rotatable bonds is 6. The molecule has 0 unspecified atom stereocenters. The molecule has 1 rings (SSSR count). The van der Waals surface area contributed by atoms with Crippen molar-refractivity contribution in [1.82, 2.24) is 0 Å². The molecule has 0 fully saturated rings. The molecule has 0 amide bonds. The summed E-state index contributed by atoms with van der Waals surface area (Å²) in [6, 6.07) is 7.33. The minimum atomic E-state index is -1.76. The van der Waals surface area contributed by atoms with Crippen LogP contribution in [0.15, 0.2) is 36.9 Å². The van der Waals surface area contributed by atoms with Crippen LogP contribution in [-0.2, 0) is 4.43 Å². The monoisotopic (exact) mass is 312 g/mol. The van der Waals surface area contributed by atoms with Crippen molar-refractivity contribution in [2.75, 3.05) is 6.61 Å². The molecule has 0 saturated carbocycles. The predicted octanol–water partition coefficient (Wildman–Crippen LogP) is 5.30. The smallest absolute Gasteiger partial charge is 0.192 e. The van der Waals surface area contributed by atoms with Gasteiger partial charge in [-0.1, -0.05) is 39.0 Å². The van der Waals surface area contributed by atoms with Crippen LogP contribution in [0.2, 0.25) is 23.2 Å². The molecule has 0 bridgehead atoms. The van der Waals surface area contributed by atoms with Gasteiger partial charge in [-0.15, -0.1) is 0 Å². The van der Waals surface area contributed by atoms with Gasteiger partial charge in [0.2, 0.25) is 0 Å². The summed E-state index contributed by atoms with van der Waals surface area (Å²) in [6.45, 7) is 15.5. The Labute approximate surface area is 128 Å². The number of halogens is 1. The topological polar surface area (TPSA) is 18.5 Å². The van der Waals surface area contributed by atoms with Crippen LogP contribution in [0.4, 0.5) is 0 Å². The van der Waals surface area contributed by atoms with Crippen molar-refractivity contribution in [1.29, 1.82) is 0 Å². The van der Waals surface area contributed by atoms with Crippen molar-refractivity contribution in [3.05, 3.63) is 41.9 Å². The minimum absolute atomic E-state index is 0.148. The summed E-state index contributed by atoms with van der Waals surface area (Å²) in [6.07, 6.45) is 1.63. The van der Waals surface area contributed by atoms with E-state index in [9.17, 15) is 0 Å². The Bertz CT molecular complexity index is 435. The van der Waals surface area contributed by atoms with Crippen molar-refractivity contribution in [3.8, 4) is 5.75 Å². The molecule has 0 heterocycles. The Balaban J connectivity index is 2.60. The SMILES string of the molecule is C=C[C@@H](CO[Si](C)(C)C(C)(C)C)Oc1ccc(Cl)cc1. The van der Waals surface area contributed by atoms with Crippen molar-refractivity contribution >= 4 is 19.9 Å².